The van der Waals surface area contributed by atoms with Gasteiger partial charge in [0.1, 0.15) is 11.5 Å². The Morgan fingerprint density at radius 2 is 1.83 bits per heavy atom. The molecule has 0 bridgehead atoms. The molecule has 0 unspecified atom stereocenters. The van der Waals surface area contributed by atoms with Crippen molar-refractivity contribution >= 4 is 18.0 Å². The van der Waals surface area contributed by atoms with Crippen LogP contribution in [0.4, 0.5) is 9.18 Å². The Kier molecular flexibility index (Phi) is 4.08. The van der Waals surface area contributed by atoms with E-state index >= 15 is 0 Å². The number of nitrogens with one attached hydrogen (secondary N) is 1. The molecule has 118 valence electrons. The van der Waals surface area contributed by atoms with Crippen molar-refractivity contribution in [2.75, 3.05) is 0 Å². The van der Waals surface area contributed by atoms with Crippen LogP contribution in [0.15, 0.2) is 54.2 Å². The zero-order valence-corrected chi connectivity index (χ0v) is 12.5. The van der Waals surface area contributed by atoms with Gasteiger partial charge in [-0.25, -0.2) is 9.18 Å². The quantitative estimate of drug-likeness (QED) is 0.698. The van der Waals surface area contributed by atoms with E-state index in [4.69, 9.17) is 5.26 Å². The van der Waals surface area contributed by atoms with Crippen LogP contribution in [0.3, 0.4) is 0 Å². The molecule has 1 fully saturated rings. The van der Waals surface area contributed by atoms with Crippen molar-refractivity contribution in [2.45, 2.75) is 6.54 Å². The first-order valence-electron chi connectivity index (χ1n) is 7.16. The van der Waals surface area contributed by atoms with Crippen molar-refractivity contribution in [1.82, 2.24) is 10.2 Å². The summed E-state index contributed by atoms with van der Waals surface area (Å²) in [7, 11) is 0. The second-order valence-corrected chi connectivity index (χ2v) is 5.20. The Balaban J connectivity index is 1.82. The molecule has 0 aliphatic carbocycles. The number of urea groups is 1. The van der Waals surface area contributed by atoms with Gasteiger partial charge >= 0.3 is 6.03 Å². The molecule has 3 amide bonds. The van der Waals surface area contributed by atoms with Crippen LogP contribution in [0, 0.1) is 17.1 Å². The molecule has 0 atom stereocenters. The molecule has 1 saturated heterocycles. The third kappa shape index (κ3) is 3.01. The number of carbonyl (C=O) groups is 2. The number of nitrogens with zero attached hydrogens (tertiary/aromatic N) is 2. The summed E-state index contributed by atoms with van der Waals surface area (Å²) in [5.74, 6) is -0.991. The standard InChI is InChI=1S/C18H12FN3O2/c19-15-4-2-1-3-14(15)11-22-17(23)16(21-18(22)24)9-12-5-7-13(10-20)8-6-12/h1-9H,11H2,(H,21,24)/b16-9+. The molecule has 3 rings (SSSR count). The lowest BCUT2D eigenvalue weighted by atomic mass is 10.1. The van der Waals surface area contributed by atoms with Crippen LogP contribution >= 0.6 is 0 Å². The van der Waals surface area contributed by atoms with E-state index in [2.05, 4.69) is 5.32 Å². The number of amides is 3. The molecule has 0 aromatic heterocycles. The highest BCUT2D eigenvalue weighted by molar-refractivity contribution is 6.13. The van der Waals surface area contributed by atoms with Crippen molar-refractivity contribution in [2.24, 2.45) is 0 Å². The number of carbonyl (C=O) groups excluding carboxylic acids is 2. The fraction of sp³-hybridized carbons (Fsp3) is 0.0556. The van der Waals surface area contributed by atoms with Crippen molar-refractivity contribution in [3.8, 4) is 6.07 Å². The third-order valence-corrected chi connectivity index (χ3v) is 3.60. The molecular formula is C18H12FN3O2. The minimum atomic E-state index is -0.594. The van der Waals surface area contributed by atoms with E-state index in [-0.39, 0.29) is 17.8 Å². The second kappa shape index (κ2) is 6.34. The van der Waals surface area contributed by atoms with Gasteiger partial charge in [0.25, 0.3) is 5.91 Å². The molecule has 1 N–H and O–H groups in total. The normalized spacial score (nSPS) is 15.5. The van der Waals surface area contributed by atoms with Gasteiger partial charge in [0.05, 0.1) is 18.2 Å². The summed E-state index contributed by atoms with van der Waals surface area (Å²) in [5.41, 5.74) is 1.55. The summed E-state index contributed by atoms with van der Waals surface area (Å²) in [4.78, 5) is 25.3. The predicted octanol–water partition coefficient (Wildman–Crippen LogP) is 2.79. The summed E-state index contributed by atoms with van der Waals surface area (Å²) in [6, 6.07) is 14.0. The molecule has 1 aliphatic heterocycles. The summed E-state index contributed by atoms with van der Waals surface area (Å²) < 4.78 is 13.7. The monoisotopic (exact) mass is 321 g/mol. The van der Waals surface area contributed by atoms with Gasteiger partial charge in [-0.15, -0.1) is 0 Å². The van der Waals surface area contributed by atoms with E-state index in [0.29, 0.717) is 11.1 Å². The second-order valence-electron chi connectivity index (χ2n) is 5.20. The lowest BCUT2D eigenvalue weighted by Crippen LogP contribution is -2.30. The highest BCUT2D eigenvalue weighted by Crippen LogP contribution is 2.18. The summed E-state index contributed by atoms with van der Waals surface area (Å²) in [6.07, 6.45) is 1.52. The third-order valence-electron chi connectivity index (χ3n) is 3.60. The molecule has 6 heteroatoms. The molecule has 5 nitrogen and oxygen atoms in total. The molecule has 24 heavy (non-hydrogen) atoms. The fourth-order valence-corrected chi connectivity index (χ4v) is 2.33. The average Bonchev–Trinajstić information content (AvgIpc) is 2.85. The Morgan fingerprint density at radius 1 is 1.12 bits per heavy atom. The van der Waals surface area contributed by atoms with Gasteiger partial charge in [0, 0.05) is 5.56 Å². The van der Waals surface area contributed by atoms with Crippen LogP contribution in [0.1, 0.15) is 16.7 Å². The molecule has 1 heterocycles. The number of hydrogen-bond acceptors (Lipinski definition) is 3. The van der Waals surface area contributed by atoms with Gasteiger partial charge in [-0.1, -0.05) is 30.3 Å². The van der Waals surface area contributed by atoms with E-state index in [0.717, 1.165) is 4.90 Å². The first-order chi connectivity index (χ1) is 11.6. The van der Waals surface area contributed by atoms with Gasteiger partial charge < -0.3 is 5.32 Å². The Bertz CT molecular complexity index is 882. The summed E-state index contributed by atoms with van der Waals surface area (Å²) >= 11 is 0. The van der Waals surface area contributed by atoms with Crippen LogP contribution < -0.4 is 5.32 Å². The number of imide groups is 1. The SMILES string of the molecule is N#Cc1ccc(/C=C2/NC(=O)N(Cc3ccccc3F)C2=O)cc1. The Labute approximate surface area is 137 Å². The van der Waals surface area contributed by atoms with Crippen LogP contribution in [-0.2, 0) is 11.3 Å². The Hall–Kier alpha value is -3.46. The molecule has 0 radical (unpaired) electrons. The average molecular weight is 321 g/mol. The number of hydrogen-bond donors (Lipinski definition) is 1. The zero-order valence-electron chi connectivity index (χ0n) is 12.5. The largest absolute Gasteiger partial charge is 0.329 e. The molecule has 0 spiro atoms. The van der Waals surface area contributed by atoms with E-state index in [1.54, 1.807) is 36.4 Å². The number of rotatable bonds is 3. The minimum Gasteiger partial charge on any atom is -0.303 e. The maximum absolute atomic E-state index is 13.7. The van der Waals surface area contributed by atoms with Crippen LogP contribution in [-0.4, -0.2) is 16.8 Å². The van der Waals surface area contributed by atoms with E-state index in [9.17, 15) is 14.0 Å². The van der Waals surface area contributed by atoms with Crippen molar-refractivity contribution in [1.29, 1.82) is 5.26 Å². The number of nitriles is 1. The molecular weight excluding hydrogens is 309 g/mol. The van der Waals surface area contributed by atoms with Gasteiger partial charge in [0.15, 0.2) is 0 Å². The van der Waals surface area contributed by atoms with E-state index in [1.807, 2.05) is 6.07 Å². The zero-order chi connectivity index (χ0) is 17.1. The topological polar surface area (TPSA) is 73.2 Å². The van der Waals surface area contributed by atoms with Gasteiger partial charge in [-0.2, -0.15) is 5.26 Å². The van der Waals surface area contributed by atoms with Gasteiger partial charge in [-0.3, -0.25) is 9.69 Å². The maximum atomic E-state index is 13.7. The van der Waals surface area contributed by atoms with Crippen molar-refractivity contribution in [3.63, 3.8) is 0 Å². The van der Waals surface area contributed by atoms with E-state index < -0.39 is 17.8 Å². The first kappa shape index (κ1) is 15.4. The fourth-order valence-electron chi connectivity index (χ4n) is 2.33. The smallest absolute Gasteiger partial charge is 0.303 e. The summed E-state index contributed by atoms with van der Waals surface area (Å²) in [6.45, 7) is -0.137. The van der Waals surface area contributed by atoms with Gasteiger partial charge in [-0.05, 0) is 29.8 Å². The lowest BCUT2D eigenvalue weighted by molar-refractivity contribution is -0.123. The maximum Gasteiger partial charge on any atom is 0.329 e. The highest BCUT2D eigenvalue weighted by atomic mass is 19.1. The number of halogens is 1. The molecule has 2 aromatic rings. The Morgan fingerprint density at radius 3 is 2.50 bits per heavy atom. The summed E-state index contributed by atoms with van der Waals surface area (Å²) in [5, 5.41) is 11.3. The highest BCUT2D eigenvalue weighted by Gasteiger charge is 2.33. The molecule has 2 aromatic carbocycles. The van der Waals surface area contributed by atoms with Gasteiger partial charge in [0.2, 0.25) is 0 Å². The first-order valence-corrected chi connectivity index (χ1v) is 7.16. The van der Waals surface area contributed by atoms with Crippen LogP contribution in [0.25, 0.3) is 6.08 Å². The van der Waals surface area contributed by atoms with Crippen LogP contribution in [0.5, 0.6) is 0 Å². The molecule has 1 aliphatic rings. The minimum absolute atomic E-state index is 0.112. The van der Waals surface area contributed by atoms with Crippen LogP contribution in [0.2, 0.25) is 0 Å². The van der Waals surface area contributed by atoms with Crippen molar-refractivity contribution in [3.05, 3.63) is 76.7 Å². The predicted molar refractivity (Wildman–Crippen MR) is 84.6 cm³/mol. The van der Waals surface area contributed by atoms with Crippen molar-refractivity contribution < 1.29 is 14.0 Å². The molecule has 0 saturated carbocycles. The number of benzene rings is 2. The van der Waals surface area contributed by atoms with E-state index in [1.165, 1.54) is 18.2 Å². The lowest BCUT2D eigenvalue weighted by Gasteiger charge is -2.12.